The molecule has 1 aromatic heterocycles. The van der Waals surface area contributed by atoms with E-state index in [1.165, 1.54) is 0 Å². The minimum absolute atomic E-state index is 0.0978. The Morgan fingerprint density at radius 2 is 2.38 bits per heavy atom. The monoisotopic (exact) mass is 152 g/mol. The highest BCUT2D eigenvalue weighted by Gasteiger charge is 1.98. The molecule has 0 saturated heterocycles. The Hall–Kier alpha value is -0.280. The molecule has 0 radical (unpaired) electrons. The van der Waals surface area contributed by atoms with Crippen LogP contribution in [0.4, 0.5) is 0 Å². The van der Waals surface area contributed by atoms with Gasteiger partial charge < -0.3 is 4.52 Å². The second-order valence-corrected chi connectivity index (χ2v) is 1.70. The molecule has 8 heavy (non-hydrogen) atoms. The van der Waals surface area contributed by atoms with Crippen LogP contribution >= 0.6 is 23.2 Å². The van der Waals surface area contributed by atoms with Crippen molar-refractivity contribution in [3.8, 4) is 0 Å². The van der Waals surface area contributed by atoms with Crippen LogP contribution in [0.5, 0.6) is 0 Å². The molecular formula is C3H2Cl2N2O. The molecule has 0 aliphatic carbocycles. The summed E-state index contributed by atoms with van der Waals surface area (Å²) in [7, 11) is 0. The highest BCUT2D eigenvalue weighted by molar-refractivity contribution is 6.28. The van der Waals surface area contributed by atoms with E-state index in [0.717, 1.165) is 0 Å². The van der Waals surface area contributed by atoms with Gasteiger partial charge in [0.15, 0.2) is 0 Å². The van der Waals surface area contributed by atoms with Gasteiger partial charge in [-0.3, -0.25) is 0 Å². The lowest BCUT2D eigenvalue weighted by Crippen LogP contribution is -1.71. The zero-order valence-corrected chi connectivity index (χ0v) is 5.28. The van der Waals surface area contributed by atoms with E-state index in [9.17, 15) is 0 Å². The van der Waals surface area contributed by atoms with Crippen LogP contribution in [0.3, 0.4) is 0 Å². The van der Waals surface area contributed by atoms with E-state index in [-0.39, 0.29) is 11.2 Å². The van der Waals surface area contributed by atoms with E-state index in [0.29, 0.717) is 5.89 Å². The van der Waals surface area contributed by atoms with Crippen LogP contribution in [0.15, 0.2) is 4.52 Å². The summed E-state index contributed by atoms with van der Waals surface area (Å²) in [6.45, 7) is 0. The molecule has 3 nitrogen and oxygen atoms in total. The first-order valence-electron chi connectivity index (χ1n) is 1.87. The van der Waals surface area contributed by atoms with E-state index in [1.54, 1.807) is 0 Å². The molecule has 1 heterocycles. The van der Waals surface area contributed by atoms with E-state index in [1.807, 2.05) is 0 Å². The normalized spacial score (nSPS) is 9.75. The smallest absolute Gasteiger partial charge is 0.263 e. The highest BCUT2D eigenvalue weighted by atomic mass is 35.5. The van der Waals surface area contributed by atoms with Gasteiger partial charge in [0.1, 0.15) is 5.88 Å². The van der Waals surface area contributed by atoms with E-state index >= 15 is 0 Å². The summed E-state index contributed by atoms with van der Waals surface area (Å²) in [5.74, 6) is 0.552. The summed E-state index contributed by atoms with van der Waals surface area (Å²) in [4.78, 5) is 3.58. The molecule has 44 valence electrons. The third-order valence-corrected chi connectivity index (χ3v) is 0.940. The van der Waals surface area contributed by atoms with Crippen molar-refractivity contribution in [1.82, 2.24) is 10.1 Å². The van der Waals surface area contributed by atoms with Crippen LogP contribution in [-0.4, -0.2) is 10.1 Å². The van der Waals surface area contributed by atoms with E-state index in [2.05, 4.69) is 14.7 Å². The molecule has 0 bridgehead atoms. The number of nitrogens with zero attached hydrogens (tertiary/aromatic N) is 2. The average molecular weight is 153 g/mol. The predicted molar refractivity (Wildman–Crippen MR) is 28.9 cm³/mol. The molecule has 0 aliphatic rings. The van der Waals surface area contributed by atoms with Crippen molar-refractivity contribution in [3.63, 3.8) is 0 Å². The second kappa shape index (κ2) is 2.33. The molecular weight excluding hydrogens is 151 g/mol. The summed E-state index contributed by atoms with van der Waals surface area (Å²) >= 11 is 10.5. The molecule has 0 fully saturated rings. The lowest BCUT2D eigenvalue weighted by molar-refractivity contribution is 0.389. The Morgan fingerprint density at radius 3 is 2.62 bits per heavy atom. The van der Waals surface area contributed by atoms with Crippen LogP contribution < -0.4 is 0 Å². The summed E-state index contributed by atoms with van der Waals surface area (Å²) in [6.07, 6.45) is 0. The molecule has 1 rings (SSSR count). The van der Waals surface area contributed by atoms with Crippen LogP contribution in [0.25, 0.3) is 0 Å². The number of hydrogen-bond donors (Lipinski definition) is 0. The zero-order chi connectivity index (χ0) is 5.98. The third-order valence-electron chi connectivity index (χ3n) is 0.558. The summed E-state index contributed by atoms with van der Waals surface area (Å²) in [5.41, 5.74) is 0. The number of hydrogen-bond acceptors (Lipinski definition) is 3. The molecule has 0 unspecified atom stereocenters. The van der Waals surface area contributed by atoms with Crippen LogP contribution in [0, 0.1) is 0 Å². The Balaban J connectivity index is 2.84. The van der Waals surface area contributed by atoms with Gasteiger partial charge in [-0.15, -0.1) is 11.6 Å². The molecule has 0 aliphatic heterocycles. The molecule has 0 spiro atoms. The fourth-order valence-electron chi connectivity index (χ4n) is 0.288. The lowest BCUT2D eigenvalue weighted by atomic mass is 10.8. The largest absolute Gasteiger partial charge is 0.337 e. The average Bonchev–Trinajstić information content (AvgIpc) is 2.14. The standard InChI is InChI=1S/C3H2Cl2N2O/c4-1-2-6-3(5)7-8-2/h1H2. The second-order valence-electron chi connectivity index (χ2n) is 1.09. The van der Waals surface area contributed by atoms with Gasteiger partial charge in [0.25, 0.3) is 5.28 Å². The van der Waals surface area contributed by atoms with Gasteiger partial charge in [-0.1, -0.05) is 0 Å². The Morgan fingerprint density at radius 1 is 1.62 bits per heavy atom. The molecule has 0 saturated carbocycles. The van der Waals surface area contributed by atoms with Crippen molar-refractivity contribution < 1.29 is 4.52 Å². The van der Waals surface area contributed by atoms with Crippen LogP contribution in [0.2, 0.25) is 5.28 Å². The van der Waals surface area contributed by atoms with Crippen molar-refractivity contribution in [3.05, 3.63) is 11.2 Å². The highest BCUT2D eigenvalue weighted by Crippen LogP contribution is 2.03. The van der Waals surface area contributed by atoms with E-state index in [4.69, 9.17) is 23.2 Å². The minimum Gasteiger partial charge on any atom is -0.337 e. The predicted octanol–water partition coefficient (Wildman–Crippen LogP) is 1.46. The summed E-state index contributed by atoms with van der Waals surface area (Å²) < 4.78 is 4.49. The fraction of sp³-hybridized carbons (Fsp3) is 0.333. The number of halogens is 2. The molecule has 1 aromatic rings. The van der Waals surface area contributed by atoms with Gasteiger partial charge in [-0.05, 0) is 16.8 Å². The summed E-state index contributed by atoms with van der Waals surface area (Å²) in [6, 6.07) is 0. The van der Waals surface area contributed by atoms with Gasteiger partial charge in [0.05, 0.1) is 0 Å². The van der Waals surface area contributed by atoms with Crippen molar-refractivity contribution in [2.45, 2.75) is 5.88 Å². The number of alkyl halides is 1. The number of aromatic nitrogens is 2. The van der Waals surface area contributed by atoms with Gasteiger partial charge in [-0.25, -0.2) is 0 Å². The minimum atomic E-state index is 0.0978. The molecule has 0 aromatic carbocycles. The van der Waals surface area contributed by atoms with Crippen molar-refractivity contribution in [1.29, 1.82) is 0 Å². The molecule has 0 N–H and O–H groups in total. The van der Waals surface area contributed by atoms with Crippen LogP contribution in [-0.2, 0) is 5.88 Å². The van der Waals surface area contributed by atoms with Gasteiger partial charge in [0.2, 0.25) is 5.89 Å². The van der Waals surface area contributed by atoms with Crippen molar-refractivity contribution in [2.24, 2.45) is 0 Å². The fourth-order valence-corrected chi connectivity index (χ4v) is 0.526. The summed E-state index contributed by atoms with van der Waals surface area (Å²) in [5, 5.41) is 3.38. The van der Waals surface area contributed by atoms with E-state index < -0.39 is 0 Å². The zero-order valence-electron chi connectivity index (χ0n) is 3.77. The topological polar surface area (TPSA) is 38.9 Å². The first kappa shape index (κ1) is 5.85. The van der Waals surface area contributed by atoms with Gasteiger partial charge >= 0.3 is 0 Å². The van der Waals surface area contributed by atoms with Gasteiger partial charge in [-0.2, -0.15) is 4.98 Å². The molecule has 0 atom stereocenters. The quantitative estimate of drug-likeness (QED) is 0.573. The maximum absolute atomic E-state index is 5.29. The van der Waals surface area contributed by atoms with Crippen molar-refractivity contribution in [2.75, 3.05) is 0 Å². The Bertz CT molecular complexity index is 176. The van der Waals surface area contributed by atoms with Gasteiger partial charge in [0, 0.05) is 0 Å². The number of rotatable bonds is 1. The molecule has 0 amide bonds. The Kier molecular flexibility index (Phi) is 1.70. The van der Waals surface area contributed by atoms with Crippen LogP contribution in [0.1, 0.15) is 5.89 Å². The van der Waals surface area contributed by atoms with Crippen molar-refractivity contribution >= 4 is 23.2 Å². The first-order valence-corrected chi connectivity index (χ1v) is 2.78. The maximum Gasteiger partial charge on any atom is 0.263 e. The Labute approximate surface area is 55.6 Å². The SMILES string of the molecule is ClCc1nc(Cl)no1. The maximum atomic E-state index is 5.29. The molecule has 5 heteroatoms. The lowest BCUT2D eigenvalue weighted by Gasteiger charge is -1.72. The first-order chi connectivity index (χ1) is 3.83. The third kappa shape index (κ3) is 1.11.